The third-order valence-corrected chi connectivity index (χ3v) is 5.25. The molecule has 0 bridgehead atoms. The van der Waals surface area contributed by atoms with Gasteiger partial charge in [-0.25, -0.2) is 4.39 Å². The molecule has 4 rings (SSSR count). The van der Waals surface area contributed by atoms with Gasteiger partial charge in [0.15, 0.2) is 0 Å². The molecule has 1 aliphatic heterocycles. The molecule has 2 heterocycles. The van der Waals surface area contributed by atoms with Gasteiger partial charge in [0.25, 0.3) is 5.91 Å². The molecule has 28 heavy (non-hydrogen) atoms. The zero-order valence-electron chi connectivity index (χ0n) is 15.8. The Morgan fingerprint density at radius 2 is 1.64 bits per heavy atom. The number of benzene rings is 2. The Labute approximate surface area is 164 Å². The van der Waals surface area contributed by atoms with E-state index in [-0.39, 0.29) is 11.7 Å². The van der Waals surface area contributed by atoms with Crippen molar-refractivity contribution < 1.29 is 9.18 Å². The number of nitrogens with one attached hydrogen (secondary N) is 1. The molecule has 1 fully saturated rings. The summed E-state index contributed by atoms with van der Waals surface area (Å²) in [5.74, 6) is -0.501. The van der Waals surface area contributed by atoms with Gasteiger partial charge in [0, 0.05) is 35.8 Å². The maximum atomic E-state index is 13.3. The van der Waals surface area contributed by atoms with Crippen LogP contribution in [0, 0.1) is 5.82 Å². The summed E-state index contributed by atoms with van der Waals surface area (Å²) in [7, 11) is 0. The summed E-state index contributed by atoms with van der Waals surface area (Å²) in [5.41, 5.74) is 2.94. The Hall–Kier alpha value is -2.95. The number of carbonyl (C=O) groups is 1. The molecule has 1 saturated heterocycles. The van der Waals surface area contributed by atoms with E-state index in [1.165, 1.54) is 49.9 Å². The van der Waals surface area contributed by atoms with Gasteiger partial charge in [-0.1, -0.05) is 19.3 Å². The van der Waals surface area contributed by atoms with Crippen LogP contribution in [0.1, 0.15) is 42.5 Å². The van der Waals surface area contributed by atoms with Gasteiger partial charge in [0.1, 0.15) is 5.82 Å². The molecule has 1 N–H and O–H groups in total. The molecule has 0 saturated carbocycles. The molecular weight excluding hydrogens is 353 g/mol. The van der Waals surface area contributed by atoms with Gasteiger partial charge < -0.3 is 10.2 Å². The summed E-state index contributed by atoms with van der Waals surface area (Å²) < 4.78 is 13.3. The minimum atomic E-state index is -0.322. The highest BCUT2D eigenvalue weighted by atomic mass is 19.1. The summed E-state index contributed by atoms with van der Waals surface area (Å²) in [4.78, 5) is 19.2. The lowest BCUT2D eigenvalue weighted by atomic mass is 10.1. The average Bonchev–Trinajstić information content (AvgIpc) is 2.68. The summed E-state index contributed by atoms with van der Waals surface area (Å²) >= 11 is 0. The van der Waals surface area contributed by atoms with E-state index < -0.39 is 0 Å². The van der Waals surface area contributed by atoms with E-state index in [0.29, 0.717) is 16.8 Å². The van der Waals surface area contributed by atoms with E-state index in [2.05, 4.69) is 15.2 Å². The van der Waals surface area contributed by atoms with Crippen molar-refractivity contribution in [2.75, 3.05) is 23.3 Å². The van der Waals surface area contributed by atoms with E-state index in [1.54, 1.807) is 18.3 Å². The highest BCUT2D eigenvalue weighted by Gasteiger charge is 2.11. The van der Waals surface area contributed by atoms with Crippen molar-refractivity contribution in [3.05, 3.63) is 66.1 Å². The summed E-state index contributed by atoms with van der Waals surface area (Å²) in [6.45, 7) is 2.16. The maximum Gasteiger partial charge on any atom is 0.255 e. The SMILES string of the molecule is O=C(Nc1cnc2cc(F)ccc2c1)c1ccc(N2CCCCCCC2)cc1. The molecule has 0 atom stereocenters. The van der Waals surface area contributed by atoms with Crippen molar-refractivity contribution in [1.29, 1.82) is 0 Å². The van der Waals surface area contributed by atoms with Crippen LogP contribution in [0.5, 0.6) is 0 Å². The van der Waals surface area contributed by atoms with Crippen molar-refractivity contribution in [2.24, 2.45) is 0 Å². The number of hydrogen-bond donors (Lipinski definition) is 1. The third-order valence-electron chi connectivity index (χ3n) is 5.25. The molecule has 0 unspecified atom stereocenters. The zero-order valence-corrected chi connectivity index (χ0v) is 15.8. The smallest absolute Gasteiger partial charge is 0.255 e. The van der Waals surface area contributed by atoms with Crippen molar-refractivity contribution in [3.63, 3.8) is 0 Å². The first-order valence-electron chi connectivity index (χ1n) is 9.91. The second-order valence-corrected chi connectivity index (χ2v) is 7.32. The second-order valence-electron chi connectivity index (χ2n) is 7.32. The molecule has 144 valence electrons. The monoisotopic (exact) mass is 377 g/mol. The molecule has 1 aromatic heterocycles. The standard InChI is InChI=1S/C23H24FN3O/c24-19-9-6-18-14-20(16-25-22(18)15-19)26-23(28)17-7-10-21(11-8-17)27-12-4-2-1-3-5-13-27/h6-11,14-16H,1-5,12-13H2,(H,26,28). The van der Waals surface area contributed by atoms with E-state index in [9.17, 15) is 9.18 Å². The Kier molecular flexibility index (Phi) is 5.51. The van der Waals surface area contributed by atoms with Crippen molar-refractivity contribution in [3.8, 4) is 0 Å². The number of hydrogen-bond acceptors (Lipinski definition) is 3. The second kappa shape index (κ2) is 8.38. The van der Waals surface area contributed by atoms with E-state index in [0.717, 1.165) is 18.5 Å². The van der Waals surface area contributed by atoms with Crippen LogP contribution in [-0.4, -0.2) is 24.0 Å². The fourth-order valence-electron chi connectivity index (χ4n) is 3.70. The number of amides is 1. The number of halogens is 1. The van der Waals surface area contributed by atoms with Gasteiger partial charge in [-0.3, -0.25) is 9.78 Å². The normalized spacial score (nSPS) is 15.1. The minimum Gasteiger partial charge on any atom is -0.372 e. The number of rotatable bonds is 3. The lowest BCUT2D eigenvalue weighted by molar-refractivity contribution is 0.102. The molecule has 5 heteroatoms. The fraction of sp³-hybridized carbons (Fsp3) is 0.304. The van der Waals surface area contributed by atoms with Crippen LogP contribution in [-0.2, 0) is 0 Å². The third kappa shape index (κ3) is 4.30. The molecule has 1 aliphatic rings. The Morgan fingerprint density at radius 1 is 0.929 bits per heavy atom. The minimum absolute atomic E-state index is 0.178. The summed E-state index contributed by atoms with van der Waals surface area (Å²) in [6.07, 6.45) is 7.93. The Bertz CT molecular complexity index is 963. The van der Waals surface area contributed by atoms with Gasteiger partial charge in [0.2, 0.25) is 0 Å². The predicted molar refractivity (Wildman–Crippen MR) is 111 cm³/mol. The van der Waals surface area contributed by atoms with Crippen LogP contribution in [0.25, 0.3) is 10.9 Å². The summed E-state index contributed by atoms with van der Waals surface area (Å²) in [5, 5.41) is 3.66. The van der Waals surface area contributed by atoms with Crippen molar-refractivity contribution in [2.45, 2.75) is 32.1 Å². The number of aromatic nitrogens is 1. The average molecular weight is 377 g/mol. The number of pyridine rings is 1. The van der Waals surface area contributed by atoms with Crippen LogP contribution in [0.3, 0.4) is 0 Å². The Morgan fingerprint density at radius 3 is 2.39 bits per heavy atom. The van der Waals surface area contributed by atoms with Crippen LogP contribution in [0.2, 0.25) is 0 Å². The predicted octanol–water partition coefficient (Wildman–Crippen LogP) is 5.40. The molecule has 2 aromatic carbocycles. The molecule has 3 aromatic rings. The molecule has 1 amide bonds. The lowest BCUT2D eigenvalue weighted by Crippen LogP contribution is -2.27. The number of fused-ring (bicyclic) bond motifs is 1. The quantitative estimate of drug-likeness (QED) is 0.665. The van der Waals surface area contributed by atoms with E-state index in [4.69, 9.17) is 0 Å². The topological polar surface area (TPSA) is 45.2 Å². The Balaban J connectivity index is 1.45. The maximum absolute atomic E-state index is 13.3. The molecule has 0 radical (unpaired) electrons. The summed E-state index contributed by atoms with van der Waals surface area (Å²) in [6, 6.07) is 14.0. The van der Waals surface area contributed by atoms with Crippen molar-refractivity contribution in [1.82, 2.24) is 4.98 Å². The first kappa shape index (κ1) is 18.4. The van der Waals surface area contributed by atoms with Gasteiger partial charge in [-0.15, -0.1) is 0 Å². The zero-order chi connectivity index (χ0) is 19.3. The van der Waals surface area contributed by atoms with Crippen molar-refractivity contribution >= 4 is 28.2 Å². The van der Waals surface area contributed by atoms with Gasteiger partial charge in [0.05, 0.1) is 17.4 Å². The number of carbonyl (C=O) groups excluding carboxylic acids is 1. The molecule has 4 nitrogen and oxygen atoms in total. The largest absolute Gasteiger partial charge is 0.372 e. The molecular formula is C23H24FN3O. The van der Waals surface area contributed by atoms with E-state index >= 15 is 0 Å². The first-order chi connectivity index (χ1) is 13.7. The highest BCUT2D eigenvalue weighted by molar-refractivity contribution is 6.05. The van der Waals surface area contributed by atoms with Gasteiger partial charge in [-0.05, 0) is 55.3 Å². The van der Waals surface area contributed by atoms with Crippen LogP contribution >= 0.6 is 0 Å². The molecule has 0 spiro atoms. The van der Waals surface area contributed by atoms with E-state index in [1.807, 2.05) is 24.3 Å². The number of nitrogens with zero attached hydrogens (tertiary/aromatic N) is 2. The molecule has 0 aliphatic carbocycles. The first-order valence-corrected chi connectivity index (χ1v) is 9.91. The van der Waals surface area contributed by atoms with Crippen LogP contribution in [0.4, 0.5) is 15.8 Å². The number of anilines is 2. The van der Waals surface area contributed by atoms with Crippen LogP contribution in [0.15, 0.2) is 54.7 Å². The van der Waals surface area contributed by atoms with Gasteiger partial charge in [-0.2, -0.15) is 0 Å². The highest BCUT2D eigenvalue weighted by Crippen LogP contribution is 2.21. The lowest BCUT2D eigenvalue weighted by Gasteiger charge is -2.27. The van der Waals surface area contributed by atoms with Gasteiger partial charge >= 0.3 is 0 Å². The van der Waals surface area contributed by atoms with Crippen LogP contribution < -0.4 is 10.2 Å². The fourth-order valence-corrected chi connectivity index (χ4v) is 3.70.